The molecule has 0 aromatic heterocycles. The van der Waals surface area contributed by atoms with Gasteiger partial charge in [0.05, 0.1) is 0 Å². The minimum Gasteiger partial charge on any atom is -0.0884 e. The van der Waals surface area contributed by atoms with E-state index in [2.05, 4.69) is 41.9 Å². The normalized spacial score (nSPS) is 37.4. The molecule has 0 bridgehead atoms. The van der Waals surface area contributed by atoms with Crippen LogP contribution in [0.3, 0.4) is 0 Å². The lowest BCUT2D eigenvalue weighted by atomic mass is 9.86. The van der Waals surface area contributed by atoms with Crippen molar-refractivity contribution in [2.24, 2.45) is 11.8 Å². The maximum Gasteiger partial charge on any atom is 0.0208 e. The summed E-state index contributed by atoms with van der Waals surface area (Å²) >= 11 is 3.78. The summed E-state index contributed by atoms with van der Waals surface area (Å²) in [7, 11) is 0. The summed E-state index contributed by atoms with van der Waals surface area (Å²) in [5.41, 5.74) is 0. The SMILES string of the molecule is CC[C@H]1C[C@@H](C)CC=CC[C@@H]1Br. The van der Waals surface area contributed by atoms with Crippen LogP contribution in [0, 0.1) is 11.8 Å². The molecule has 0 spiro atoms. The van der Waals surface area contributed by atoms with E-state index in [1.54, 1.807) is 0 Å². The van der Waals surface area contributed by atoms with E-state index in [1.165, 1.54) is 25.7 Å². The molecule has 0 heterocycles. The number of hydrogen-bond donors (Lipinski definition) is 0. The highest BCUT2D eigenvalue weighted by atomic mass is 79.9. The second kappa shape index (κ2) is 5.06. The lowest BCUT2D eigenvalue weighted by Crippen LogP contribution is -2.17. The van der Waals surface area contributed by atoms with Gasteiger partial charge in [0, 0.05) is 4.83 Å². The number of hydrogen-bond acceptors (Lipinski definition) is 0. The molecule has 0 radical (unpaired) electrons. The first-order chi connectivity index (χ1) is 5.74. The van der Waals surface area contributed by atoms with Gasteiger partial charge in [-0.2, -0.15) is 0 Å². The summed E-state index contributed by atoms with van der Waals surface area (Å²) in [5, 5.41) is 0. The maximum absolute atomic E-state index is 3.78. The summed E-state index contributed by atoms with van der Waals surface area (Å²) in [5.74, 6) is 1.75. The van der Waals surface area contributed by atoms with Gasteiger partial charge in [0.15, 0.2) is 0 Å². The summed E-state index contributed by atoms with van der Waals surface area (Å²) < 4.78 is 0. The van der Waals surface area contributed by atoms with Gasteiger partial charge in [-0.1, -0.05) is 48.4 Å². The highest BCUT2D eigenvalue weighted by Crippen LogP contribution is 2.30. The smallest absolute Gasteiger partial charge is 0.0208 e. The lowest BCUT2D eigenvalue weighted by molar-refractivity contribution is 0.369. The summed E-state index contributed by atoms with van der Waals surface area (Å²) in [6.07, 6.45) is 9.86. The Kier molecular flexibility index (Phi) is 4.34. The summed E-state index contributed by atoms with van der Waals surface area (Å²) in [4.78, 5) is 0.710. The Morgan fingerprint density at radius 2 is 2.00 bits per heavy atom. The zero-order valence-corrected chi connectivity index (χ0v) is 9.68. The van der Waals surface area contributed by atoms with E-state index in [9.17, 15) is 0 Å². The molecule has 0 amide bonds. The average molecular weight is 231 g/mol. The molecular formula is C11H19Br. The Hall–Kier alpha value is 0.220. The molecule has 0 saturated heterocycles. The fourth-order valence-corrected chi connectivity index (χ4v) is 2.74. The Balaban J connectivity index is 2.55. The fraction of sp³-hybridized carbons (Fsp3) is 0.818. The van der Waals surface area contributed by atoms with Crippen LogP contribution in [0.25, 0.3) is 0 Å². The molecule has 70 valence electrons. The molecule has 0 aromatic carbocycles. The van der Waals surface area contributed by atoms with Gasteiger partial charge in [0.25, 0.3) is 0 Å². The molecule has 1 aliphatic rings. The van der Waals surface area contributed by atoms with Crippen molar-refractivity contribution in [3.05, 3.63) is 12.2 Å². The molecule has 0 fully saturated rings. The van der Waals surface area contributed by atoms with Gasteiger partial charge >= 0.3 is 0 Å². The second-order valence-corrected chi connectivity index (χ2v) is 5.14. The van der Waals surface area contributed by atoms with E-state index in [0.717, 1.165) is 11.8 Å². The van der Waals surface area contributed by atoms with E-state index >= 15 is 0 Å². The average Bonchev–Trinajstić information content (AvgIpc) is 2.05. The molecular weight excluding hydrogens is 212 g/mol. The van der Waals surface area contributed by atoms with E-state index < -0.39 is 0 Å². The van der Waals surface area contributed by atoms with Crippen LogP contribution >= 0.6 is 15.9 Å². The topological polar surface area (TPSA) is 0 Å². The molecule has 0 nitrogen and oxygen atoms in total. The van der Waals surface area contributed by atoms with E-state index in [0.29, 0.717) is 4.83 Å². The highest BCUT2D eigenvalue weighted by molar-refractivity contribution is 9.09. The van der Waals surface area contributed by atoms with Gasteiger partial charge in [-0.15, -0.1) is 0 Å². The van der Waals surface area contributed by atoms with E-state index in [4.69, 9.17) is 0 Å². The molecule has 0 N–H and O–H groups in total. The third-order valence-electron chi connectivity index (χ3n) is 2.81. The maximum atomic E-state index is 3.78. The third-order valence-corrected chi connectivity index (χ3v) is 3.93. The predicted molar refractivity (Wildman–Crippen MR) is 58.7 cm³/mol. The monoisotopic (exact) mass is 230 g/mol. The van der Waals surface area contributed by atoms with Crippen molar-refractivity contribution in [1.82, 2.24) is 0 Å². The van der Waals surface area contributed by atoms with E-state index in [-0.39, 0.29) is 0 Å². The van der Waals surface area contributed by atoms with Gasteiger partial charge in [0.1, 0.15) is 0 Å². The predicted octanol–water partition coefficient (Wildman–Crippen LogP) is 4.15. The van der Waals surface area contributed by atoms with Crippen molar-refractivity contribution in [1.29, 1.82) is 0 Å². The molecule has 0 unspecified atom stereocenters. The van der Waals surface area contributed by atoms with Gasteiger partial charge in [-0.05, 0) is 31.1 Å². The van der Waals surface area contributed by atoms with Crippen LogP contribution in [0.1, 0.15) is 39.5 Å². The molecule has 12 heavy (non-hydrogen) atoms. The summed E-state index contributed by atoms with van der Waals surface area (Å²) in [6, 6.07) is 0. The zero-order valence-electron chi connectivity index (χ0n) is 8.09. The number of alkyl halides is 1. The van der Waals surface area contributed by atoms with Crippen LogP contribution in [0.15, 0.2) is 12.2 Å². The largest absolute Gasteiger partial charge is 0.0884 e. The zero-order chi connectivity index (χ0) is 8.97. The summed E-state index contributed by atoms with van der Waals surface area (Å²) in [6.45, 7) is 4.66. The van der Waals surface area contributed by atoms with Crippen LogP contribution in [0.5, 0.6) is 0 Å². The van der Waals surface area contributed by atoms with Gasteiger partial charge in [-0.25, -0.2) is 0 Å². The number of halogens is 1. The molecule has 3 atom stereocenters. The van der Waals surface area contributed by atoms with Crippen LogP contribution in [0.2, 0.25) is 0 Å². The Labute approximate surface area is 84.6 Å². The molecule has 1 heteroatoms. The fourth-order valence-electron chi connectivity index (χ4n) is 1.93. The molecule has 0 aromatic rings. The van der Waals surface area contributed by atoms with Crippen molar-refractivity contribution in [2.75, 3.05) is 0 Å². The van der Waals surface area contributed by atoms with Gasteiger partial charge < -0.3 is 0 Å². The molecule has 1 aliphatic carbocycles. The van der Waals surface area contributed by atoms with Crippen molar-refractivity contribution < 1.29 is 0 Å². The first kappa shape index (κ1) is 10.3. The van der Waals surface area contributed by atoms with Crippen LogP contribution in [0.4, 0.5) is 0 Å². The third kappa shape index (κ3) is 2.93. The van der Waals surface area contributed by atoms with Crippen LogP contribution < -0.4 is 0 Å². The second-order valence-electron chi connectivity index (χ2n) is 3.97. The van der Waals surface area contributed by atoms with E-state index in [1.807, 2.05) is 0 Å². The lowest BCUT2D eigenvalue weighted by Gasteiger charge is -2.25. The quantitative estimate of drug-likeness (QED) is 0.469. The van der Waals surface area contributed by atoms with Gasteiger partial charge in [0.2, 0.25) is 0 Å². The Bertz CT molecular complexity index is 151. The highest BCUT2D eigenvalue weighted by Gasteiger charge is 2.19. The number of allylic oxidation sites excluding steroid dienone is 2. The number of rotatable bonds is 1. The first-order valence-corrected chi connectivity index (χ1v) is 5.94. The van der Waals surface area contributed by atoms with Crippen molar-refractivity contribution in [3.63, 3.8) is 0 Å². The Morgan fingerprint density at radius 3 is 2.67 bits per heavy atom. The van der Waals surface area contributed by atoms with Crippen molar-refractivity contribution in [3.8, 4) is 0 Å². The minimum atomic E-state index is 0.710. The first-order valence-electron chi connectivity index (χ1n) is 5.03. The minimum absolute atomic E-state index is 0.710. The van der Waals surface area contributed by atoms with Crippen molar-refractivity contribution in [2.45, 2.75) is 44.4 Å². The standard InChI is InChI=1S/C11H19Br/c1-3-10-8-9(2)6-4-5-7-11(10)12/h4-5,9-11H,3,6-8H2,1-2H3/t9-,10-,11-/m0/s1. The molecule has 0 saturated carbocycles. The van der Waals surface area contributed by atoms with Crippen molar-refractivity contribution >= 4 is 15.9 Å². The van der Waals surface area contributed by atoms with Crippen LogP contribution in [-0.4, -0.2) is 4.83 Å². The molecule has 0 aliphatic heterocycles. The Morgan fingerprint density at radius 1 is 1.33 bits per heavy atom. The molecule has 1 rings (SSSR count). The van der Waals surface area contributed by atoms with Crippen LogP contribution in [-0.2, 0) is 0 Å². The van der Waals surface area contributed by atoms with Gasteiger partial charge in [-0.3, -0.25) is 0 Å².